The van der Waals surface area contributed by atoms with Crippen LogP contribution in [0.3, 0.4) is 0 Å². The predicted molar refractivity (Wildman–Crippen MR) is 107 cm³/mol. The van der Waals surface area contributed by atoms with Crippen LogP contribution in [0.15, 0.2) is 35.9 Å². The van der Waals surface area contributed by atoms with Gasteiger partial charge in [-0.15, -0.1) is 0 Å². The van der Waals surface area contributed by atoms with E-state index in [2.05, 4.69) is 5.32 Å². The Morgan fingerprint density at radius 1 is 1.13 bits per heavy atom. The van der Waals surface area contributed by atoms with Gasteiger partial charge in [-0.05, 0) is 74.2 Å². The molecule has 0 saturated heterocycles. The topological polar surface area (TPSA) is 29.1 Å². The molecular weight excluding hydrogens is 401 g/mol. The van der Waals surface area contributed by atoms with Crippen LogP contribution in [0.4, 0.5) is 22.0 Å². The van der Waals surface area contributed by atoms with Crippen LogP contribution in [-0.4, -0.2) is 5.91 Å². The summed E-state index contributed by atoms with van der Waals surface area (Å²) in [4.78, 5) is 12.5. The molecule has 0 aliphatic rings. The molecule has 0 heterocycles. The Kier molecular flexibility index (Phi) is 7.39. The molecule has 0 unspecified atom stereocenters. The summed E-state index contributed by atoms with van der Waals surface area (Å²) in [5.74, 6) is -1.88. The van der Waals surface area contributed by atoms with E-state index >= 15 is 0 Å². The number of hydrogen-bond acceptors (Lipinski definition) is 1. The van der Waals surface area contributed by atoms with Gasteiger partial charge < -0.3 is 5.32 Å². The minimum Gasteiger partial charge on any atom is -0.346 e. The van der Waals surface area contributed by atoms with Crippen molar-refractivity contribution in [3.05, 3.63) is 75.4 Å². The second-order valence-electron chi connectivity index (χ2n) is 7.29. The molecule has 1 amide bonds. The minimum absolute atomic E-state index is 0.0980. The third kappa shape index (κ3) is 5.68. The van der Waals surface area contributed by atoms with Gasteiger partial charge in [0.15, 0.2) is 0 Å². The van der Waals surface area contributed by atoms with E-state index < -0.39 is 35.3 Å². The summed E-state index contributed by atoms with van der Waals surface area (Å²) >= 11 is 0. The highest BCUT2D eigenvalue weighted by Crippen LogP contribution is 2.31. The van der Waals surface area contributed by atoms with Crippen LogP contribution < -0.4 is 5.32 Å². The first-order chi connectivity index (χ1) is 13.9. The van der Waals surface area contributed by atoms with Gasteiger partial charge in [-0.3, -0.25) is 4.79 Å². The number of carbonyl (C=O) groups excluding carboxylic acids is 1. The van der Waals surface area contributed by atoms with Gasteiger partial charge in [-0.1, -0.05) is 19.4 Å². The van der Waals surface area contributed by atoms with Gasteiger partial charge in [0.05, 0.1) is 11.6 Å². The maximum absolute atomic E-state index is 13.8. The van der Waals surface area contributed by atoms with E-state index in [1.807, 2.05) is 6.92 Å². The zero-order valence-electron chi connectivity index (χ0n) is 17.3. The lowest BCUT2D eigenvalue weighted by atomic mass is 9.98. The second kappa shape index (κ2) is 9.41. The van der Waals surface area contributed by atoms with Crippen LogP contribution in [0.25, 0.3) is 6.08 Å². The number of nitrogens with one attached hydrogen (secondary N) is 1. The number of hydrogen-bond donors (Lipinski definition) is 1. The molecule has 0 saturated carbocycles. The van der Waals surface area contributed by atoms with E-state index in [0.29, 0.717) is 24.0 Å². The van der Waals surface area contributed by atoms with Crippen molar-refractivity contribution in [1.29, 1.82) is 0 Å². The molecular formula is C23H24F5NO. The molecule has 30 heavy (non-hydrogen) atoms. The number of amides is 1. The van der Waals surface area contributed by atoms with Crippen LogP contribution >= 0.6 is 0 Å². The monoisotopic (exact) mass is 425 g/mol. The third-order valence-electron chi connectivity index (χ3n) is 4.87. The molecule has 0 bridgehead atoms. The number of alkyl halides is 3. The van der Waals surface area contributed by atoms with E-state index in [0.717, 1.165) is 24.3 Å². The summed E-state index contributed by atoms with van der Waals surface area (Å²) in [6, 6.07) is 5.10. The lowest BCUT2D eigenvalue weighted by molar-refractivity contribution is -0.137. The standard InChI is InChI=1S/C23H24F5NO/c1-5-6-16-10-19(23(26,27)28)8-7-17(16)9-13(2)22(30)29-15(4)18-11-20(24)14(3)21(25)12-18/h7-12,15H,5-6H2,1-4H3,(H,29,30)/b13-9+/t15-/m1/s1. The first-order valence-electron chi connectivity index (χ1n) is 9.58. The van der Waals surface area contributed by atoms with Gasteiger partial charge in [0.2, 0.25) is 5.91 Å². The Bertz CT molecular complexity index is 940. The molecule has 0 aliphatic carbocycles. The normalized spacial score (nSPS) is 13.3. The molecule has 1 N–H and O–H groups in total. The molecule has 0 fully saturated rings. The Morgan fingerprint density at radius 3 is 2.27 bits per heavy atom. The van der Waals surface area contributed by atoms with Crippen LogP contribution in [-0.2, 0) is 17.4 Å². The van der Waals surface area contributed by atoms with Gasteiger partial charge in [-0.2, -0.15) is 13.2 Å². The summed E-state index contributed by atoms with van der Waals surface area (Å²) in [5, 5.41) is 2.66. The molecule has 7 heteroatoms. The minimum atomic E-state index is -4.44. The summed E-state index contributed by atoms with van der Waals surface area (Å²) in [5.41, 5.74) is 0.735. The zero-order valence-corrected chi connectivity index (χ0v) is 17.3. The molecule has 0 radical (unpaired) electrons. The van der Waals surface area contributed by atoms with Gasteiger partial charge in [0, 0.05) is 11.1 Å². The van der Waals surface area contributed by atoms with Crippen molar-refractivity contribution in [3.63, 3.8) is 0 Å². The maximum Gasteiger partial charge on any atom is 0.416 e. The molecule has 2 aromatic carbocycles. The number of carbonyl (C=O) groups is 1. The fraction of sp³-hybridized carbons (Fsp3) is 0.348. The molecule has 1 atom stereocenters. The highest BCUT2D eigenvalue weighted by atomic mass is 19.4. The zero-order chi connectivity index (χ0) is 22.6. The van der Waals surface area contributed by atoms with Crippen molar-refractivity contribution in [3.8, 4) is 0 Å². The number of halogens is 5. The van der Waals surface area contributed by atoms with Crippen molar-refractivity contribution in [2.75, 3.05) is 0 Å². The number of aryl methyl sites for hydroxylation is 1. The van der Waals surface area contributed by atoms with E-state index in [9.17, 15) is 26.7 Å². The number of benzene rings is 2. The second-order valence-corrected chi connectivity index (χ2v) is 7.29. The van der Waals surface area contributed by atoms with E-state index in [1.54, 1.807) is 6.92 Å². The Hall–Kier alpha value is -2.70. The SMILES string of the molecule is CCCc1cc(C(F)(F)F)ccc1/C=C(\C)C(=O)N[C@H](C)c1cc(F)c(C)c(F)c1. The summed E-state index contributed by atoms with van der Waals surface area (Å²) < 4.78 is 66.5. The molecule has 2 rings (SSSR count). The highest BCUT2D eigenvalue weighted by molar-refractivity contribution is 5.97. The van der Waals surface area contributed by atoms with Crippen molar-refractivity contribution in [2.45, 2.75) is 52.8 Å². The van der Waals surface area contributed by atoms with Crippen LogP contribution in [0.1, 0.15) is 61.1 Å². The quantitative estimate of drug-likeness (QED) is 0.414. The average Bonchev–Trinajstić information content (AvgIpc) is 2.66. The summed E-state index contributed by atoms with van der Waals surface area (Å²) in [7, 11) is 0. The highest BCUT2D eigenvalue weighted by Gasteiger charge is 2.30. The Balaban J connectivity index is 2.25. The summed E-state index contributed by atoms with van der Waals surface area (Å²) in [6.07, 6.45) is -1.84. The fourth-order valence-electron chi connectivity index (χ4n) is 3.02. The lowest BCUT2D eigenvalue weighted by Gasteiger charge is -2.16. The van der Waals surface area contributed by atoms with Gasteiger partial charge in [0.25, 0.3) is 0 Å². The molecule has 2 nitrogen and oxygen atoms in total. The lowest BCUT2D eigenvalue weighted by Crippen LogP contribution is -2.27. The van der Waals surface area contributed by atoms with E-state index in [1.165, 1.54) is 26.0 Å². The van der Waals surface area contributed by atoms with E-state index in [4.69, 9.17) is 0 Å². The molecule has 0 aromatic heterocycles. The molecule has 0 spiro atoms. The fourth-order valence-corrected chi connectivity index (χ4v) is 3.02. The van der Waals surface area contributed by atoms with Crippen LogP contribution in [0, 0.1) is 18.6 Å². The summed E-state index contributed by atoms with van der Waals surface area (Å²) in [6.45, 7) is 6.30. The van der Waals surface area contributed by atoms with Crippen LogP contribution in [0.5, 0.6) is 0 Å². The Morgan fingerprint density at radius 2 is 1.73 bits per heavy atom. The van der Waals surface area contributed by atoms with Crippen LogP contribution in [0.2, 0.25) is 0 Å². The first-order valence-corrected chi connectivity index (χ1v) is 9.58. The van der Waals surface area contributed by atoms with Gasteiger partial charge in [-0.25, -0.2) is 8.78 Å². The third-order valence-corrected chi connectivity index (χ3v) is 4.87. The average molecular weight is 425 g/mol. The first kappa shape index (κ1) is 23.6. The number of rotatable bonds is 6. The van der Waals surface area contributed by atoms with E-state index in [-0.39, 0.29) is 16.7 Å². The molecule has 0 aliphatic heterocycles. The maximum atomic E-state index is 13.8. The van der Waals surface area contributed by atoms with Gasteiger partial charge >= 0.3 is 6.18 Å². The Labute approximate surface area is 172 Å². The van der Waals surface area contributed by atoms with Crippen molar-refractivity contribution >= 4 is 12.0 Å². The predicted octanol–water partition coefficient (Wildman–Crippen LogP) is 6.53. The molecule has 2 aromatic rings. The van der Waals surface area contributed by atoms with Gasteiger partial charge in [0.1, 0.15) is 11.6 Å². The molecule has 162 valence electrons. The smallest absolute Gasteiger partial charge is 0.346 e. The van der Waals surface area contributed by atoms with Crippen molar-refractivity contribution in [1.82, 2.24) is 5.32 Å². The van der Waals surface area contributed by atoms with Crippen molar-refractivity contribution in [2.24, 2.45) is 0 Å². The van der Waals surface area contributed by atoms with Crippen molar-refractivity contribution < 1.29 is 26.7 Å². The largest absolute Gasteiger partial charge is 0.416 e.